The minimum absolute atomic E-state index is 0.783. The maximum Gasteiger partial charge on any atom is 0.133 e. The maximum absolute atomic E-state index is 5.63. The van der Waals surface area contributed by atoms with Gasteiger partial charge >= 0.3 is 0 Å². The van der Waals surface area contributed by atoms with Crippen LogP contribution in [0.4, 0.5) is 5.82 Å². The van der Waals surface area contributed by atoms with E-state index >= 15 is 0 Å². The van der Waals surface area contributed by atoms with Gasteiger partial charge in [-0.05, 0) is 61.7 Å². The number of aromatic nitrogens is 2. The third kappa shape index (κ3) is 3.26. The molecule has 3 aromatic rings. The number of hydrogen-bond acceptors (Lipinski definition) is 5. The third-order valence-electron chi connectivity index (χ3n) is 5.11. The van der Waals surface area contributed by atoms with E-state index in [1.165, 1.54) is 5.56 Å². The molecule has 146 valence electrons. The van der Waals surface area contributed by atoms with Gasteiger partial charge in [0.25, 0.3) is 0 Å². The smallest absolute Gasteiger partial charge is 0.133 e. The summed E-state index contributed by atoms with van der Waals surface area (Å²) in [6.07, 6.45) is 3.22. The van der Waals surface area contributed by atoms with Crippen molar-refractivity contribution >= 4 is 5.82 Å². The van der Waals surface area contributed by atoms with Gasteiger partial charge in [0.1, 0.15) is 28.8 Å². The van der Waals surface area contributed by atoms with Gasteiger partial charge in [0, 0.05) is 17.7 Å². The molecule has 6 heteroatoms. The highest BCUT2D eigenvalue weighted by Crippen LogP contribution is 2.39. The summed E-state index contributed by atoms with van der Waals surface area (Å²) < 4.78 is 18.3. The van der Waals surface area contributed by atoms with Crippen molar-refractivity contribution in [1.82, 2.24) is 9.78 Å². The number of nitrogens with one attached hydrogen (secondary N) is 1. The van der Waals surface area contributed by atoms with Crippen molar-refractivity contribution in [1.29, 1.82) is 0 Å². The number of hydrogen-bond donors (Lipinski definition) is 1. The summed E-state index contributed by atoms with van der Waals surface area (Å²) in [5.74, 6) is 3.43. The molecule has 0 aliphatic carbocycles. The van der Waals surface area contributed by atoms with Gasteiger partial charge in [-0.2, -0.15) is 5.10 Å². The Bertz CT molecular complexity index is 964. The van der Waals surface area contributed by atoms with Crippen molar-refractivity contribution in [2.24, 2.45) is 0 Å². The van der Waals surface area contributed by atoms with Crippen molar-refractivity contribution in [2.75, 3.05) is 33.2 Å². The molecule has 4 rings (SSSR count). The molecular weight excluding hydrogens is 354 g/mol. The number of ether oxygens (including phenoxy) is 3. The van der Waals surface area contributed by atoms with Crippen LogP contribution in [-0.2, 0) is 6.42 Å². The van der Waals surface area contributed by atoms with E-state index < -0.39 is 0 Å². The first-order valence-corrected chi connectivity index (χ1v) is 9.47. The van der Waals surface area contributed by atoms with Crippen molar-refractivity contribution < 1.29 is 14.2 Å². The molecule has 0 saturated heterocycles. The number of nitrogens with zero attached hydrogens (tertiary/aromatic N) is 2. The molecule has 1 N–H and O–H groups in total. The second kappa shape index (κ2) is 7.84. The van der Waals surface area contributed by atoms with E-state index in [4.69, 9.17) is 19.3 Å². The zero-order chi connectivity index (χ0) is 19.5. The summed E-state index contributed by atoms with van der Waals surface area (Å²) in [4.78, 5) is 0. The lowest BCUT2D eigenvalue weighted by molar-refractivity contribution is 0.404. The summed E-state index contributed by atoms with van der Waals surface area (Å²) in [5.41, 5.74) is 4.06. The van der Waals surface area contributed by atoms with Crippen LogP contribution in [0.25, 0.3) is 16.9 Å². The van der Waals surface area contributed by atoms with Crippen LogP contribution >= 0.6 is 0 Å². The molecule has 1 aliphatic heterocycles. The van der Waals surface area contributed by atoms with Crippen molar-refractivity contribution in [3.63, 3.8) is 0 Å². The van der Waals surface area contributed by atoms with Crippen LogP contribution in [-0.4, -0.2) is 37.7 Å². The van der Waals surface area contributed by atoms with Crippen LogP contribution in [0.15, 0.2) is 42.5 Å². The molecule has 0 atom stereocenters. The highest BCUT2D eigenvalue weighted by Gasteiger charge is 2.24. The molecule has 0 radical (unpaired) electrons. The van der Waals surface area contributed by atoms with E-state index in [0.29, 0.717) is 0 Å². The zero-order valence-corrected chi connectivity index (χ0v) is 16.5. The lowest BCUT2D eigenvalue weighted by Crippen LogP contribution is -2.07. The van der Waals surface area contributed by atoms with Crippen LogP contribution in [0.2, 0.25) is 0 Å². The van der Waals surface area contributed by atoms with E-state index in [-0.39, 0.29) is 0 Å². The lowest BCUT2D eigenvalue weighted by atomic mass is 10.0. The van der Waals surface area contributed by atoms with Crippen LogP contribution in [0, 0.1) is 0 Å². The van der Waals surface area contributed by atoms with Gasteiger partial charge in [0.15, 0.2) is 0 Å². The average molecular weight is 379 g/mol. The Hall–Kier alpha value is -3.15. The van der Waals surface area contributed by atoms with Crippen molar-refractivity contribution in [2.45, 2.75) is 19.3 Å². The predicted molar refractivity (Wildman–Crippen MR) is 110 cm³/mol. The zero-order valence-electron chi connectivity index (χ0n) is 16.5. The first kappa shape index (κ1) is 18.2. The molecule has 0 saturated carbocycles. The first-order valence-electron chi connectivity index (χ1n) is 9.47. The minimum Gasteiger partial charge on any atom is -0.497 e. The van der Waals surface area contributed by atoms with Gasteiger partial charge in [0.05, 0.1) is 27.0 Å². The first-order chi connectivity index (χ1) is 13.7. The molecular formula is C22H25N3O3. The van der Waals surface area contributed by atoms with Gasteiger partial charge in [-0.25, -0.2) is 4.68 Å². The molecule has 1 aliphatic rings. The second-order valence-electron chi connectivity index (χ2n) is 6.74. The number of benzene rings is 2. The Morgan fingerprint density at radius 1 is 0.893 bits per heavy atom. The molecule has 0 spiro atoms. The van der Waals surface area contributed by atoms with Gasteiger partial charge in [-0.1, -0.05) is 0 Å². The molecule has 6 nitrogen and oxygen atoms in total. The minimum atomic E-state index is 0.783. The Morgan fingerprint density at radius 3 is 2.36 bits per heavy atom. The molecule has 2 aromatic carbocycles. The molecule has 1 aromatic heterocycles. The Kier molecular flexibility index (Phi) is 5.10. The highest BCUT2D eigenvalue weighted by molar-refractivity contribution is 5.76. The normalized spacial score (nSPS) is 13.2. The van der Waals surface area contributed by atoms with Gasteiger partial charge < -0.3 is 19.5 Å². The monoisotopic (exact) mass is 379 g/mol. The Morgan fingerprint density at radius 2 is 1.64 bits per heavy atom. The van der Waals surface area contributed by atoms with Crippen molar-refractivity contribution in [3.05, 3.63) is 48.0 Å². The quantitative estimate of drug-likeness (QED) is 0.716. The summed E-state index contributed by atoms with van der Waals surface area (Å²) in [5, 5.41) is 8.57. The van der Waals surface area contributed by atoms with E-state index in [0.717, 1.165) is 65.8 Å². The van der Waals surface area contributed by atoms with E-state index in [1.807, 2.05) is 47.1 Å². The molecule has 0 bridgehead atoms. The standard InChI is InChI=1S/C22H25N3O3/c1-26-16-9-7-15(8-10-16)25-22-18(6-4-5-13-23-22)21(24-25)19-14-17(27-2)11-12-20(19)28-3/h7-12,14,23H,4-6,13H2,1-3H3. The topological polar surface area (TPSA) is 57.5 Å². The molecule has 0 amide bonds. The summed E-state index contributed by atoms with van der Waals surface area (Å²) in [7, 11) is 5.02. The maximum atomic E-state index is 5.63. The summed E-state index contributed by atoms with van der Waals surface area (Å²) in [6, 6.07) is 13.8. The van der Waals surface area contributed by atoms with Crippen molar-refractivity contribution in [3.8, 4) is 34.2 Å². The number of fused-ring (bicyclic) bond motifs is 1. The summed E-state index contributed by atoms with van der Waals surface area (Å²) >= 11 is 0. The SMILES string of the molecule is COc1ccc(-n2nc(-c3cc(OC)ccc3OC)c3c2NCCCC3)cc1. The fourth-order valence-electron chi connectivity index (χ4n) is 3.63. The molecule has 28 heavy (non-hydrogen) atoms. The van der Waals surface area contributed by atoms with Gasteiger partial charge in [-0.15, -0.1) is 0 Å². The average Bonchev–Trinajstić information content (AvgIpc) is 2.93. The van der Waals surface area contributed by atoms with E-state index in [9.17, 15) is 0 Å². The van der Waals surface area contributed by atoms with Crippen LogP contribution in [0.1, 0.15) is 18.4 Å². The van der Waals surface area contributed by atoms with Gasteiger partial charge in [0.2, 0.25) is 0 Å². The van der Waals surface area contributed by atoms with Crippen LogP contribution in [0.5, 0.6) is 17.2 Å². The fourth-order valence-corrected chi connectivity index (χ4v) is 3.63. The second-order valence-corrected chi connectivity index (χ2v) is 6.74. The van der Waals surface area contributed by atoms with E-state index in [1.54, 1.807) is 21.3 Å². The number of rotatable bonds is 5. The Balaban J connectivity index is 1.90. The van der Waals surface area contributed by atoms with Crippen LogP contribution < -0.4 is 19.5 Å². The largest absolute Gasteiger partial charge is 0.497 e. The highest BCUT2D eigenvalue weighted by atomic mass is 16.5. The third-order valence-corrected chi connectivity index (χ3v) is 5.11. The fraction of sp³-hybridized carbons (Fsp3) is 0.318. The molecule has 0 unspecified atom stereocenters. The predicted octanol–water partition coefficient (Wildman–Crippen LogP) is 4.31. The number of anilines is 1. The van der Waals surface area contributed by atoms with Crippen LogP contribution in [0.3, 0.4) is 0 Å². The lowest BCUT2D eigenvalue weighted by Gasteiger charge is -2.10. The molecule has 0 fully saturated rings. The van der Waals surface area contributed by atoms with E-state index in [2.05, 4.69) is 5.32 Å². The summed E-state index contributed by atoms with van der Waals surface area (Å²) in [6.45, 7) is 0.934. The Labute approximate surface area is 165 Å². The molecule has 2 heterocycles. The van der Waals surface area contributed by atoms with Gasteiger partial charge in [-0.3, -0.25) is 0 Å². The number of methoxy groups -OCH3 is 3.